The molecule has 1 unspecified atom stereocenters. The van der Waals surface area contributed by atoms with Crippen molar-refractivity contribution >= 4 is 19.3 Å². The van der Waals surface area contributed by atoms with Gasteiger partial charge in [-0.05, 0) is 25.3 Å². The number of fused-ring (bicyclic) bond motifs is 1. The smallest absolute Gasteiger partial charge is 0.0671 e. The Labute approximate surface area is 117 Å². The van der Waals surface area contributed by atoms with Crippen LogP contribution in [0.2, 0.25) is 13.1 Å². The van der Waals surface area contributed by atoms with E-state index < -0.39 is 0 Å². The summed E-state index contributed by atoms with van der Waals surface area (Å²) in [4.78, 5) is 4.80. The van der Waals surface area contributed by atoms with Gasteiger partial charge in [0.2, 0.25) is 0 Å². The molecule has 1 heterocycles. The monoisotopic (exact) mass is 267 g/mol. The molecule has 3 rings (SSSR count). The molecule has 2 heteroatoms. The van der Waals surface area contributed by atoms with Gasteiger partial charge < -0.3 is 0 Å². The summed E-state index contributed by atoms with van der Waals surface area (Å²) in [5, 5.41) is 1.67. The molecule has 0 spiro atoms. The molecule has 2 aliphatic carbocycles. The first kappa shape index (κ1) is 12.7. The van der Waals surface area contributed by atoms with E-state index in [1.165, 1.54) is 28.1 Å². The summed E-state index contributed by atoms with van der Waals surface area (Å²) >= 11 is 0. The number of hydrogen-bond acceptors (Lipinski definition) is 1. The van der Waals surface area contributed by atoms with Gasteiger partial charge in [-0.2, -0.15) is 0 Å². The van der Waals surface area contributed by atoms with E-state index in [0.29, 0.717) is 5.92 Å². The maximum Gasteiger partial charge on any atom is 0.0671 e. The fraction of sp³-hybridized carbons (Fsp3) is 0.412. The molecule has 0 aromatic rings. The molecule has 0 N–H and O–H groups in total. The van der Waals surface area contributed by atoms with Crippen LogP contribution in [0.25, 0.3) is 0 Å². The quantitative estimate of drug-likeness (QED) is 0.669. The van der Waals surface area contributed by atoms with Crippen molar-refractivity contribution in [3.05, 3.63) is 46.7 Å². The summed E-state index contributed by atoms with van der Waals surface area (Å²) in [6.07, 6.45) is 11.6. The second-order valence-electron chi connectivity index (χ2n) is 5.74. The van der Waals surface area contributed by atoms with Crippen LogP contribution in [-0.2, 0) is 0 Å². The first-order valence-electron chi connectivity index (χ1n) is 7.17. The largest absolute Gasteiger partial charge is 0.253 e. The molecule has 98 valence electrons. The predicted octanol–water partition coefficient (Wildman–Crippen LogP) is 4.08. The second-order valence-corrected chi connectivity index (χ2v) is 8.34. The van der Waals surface area contributed by atoms with Crippen LogP contribution in [0.4, 0.5) is 0 Å². The fourth-order valence-electron chi connectivity index (χ4n) is 3.23. The standard InChI is InChI=1S/C17H21NSi/c1-5-12-6-7-13(10-12)16-11(2)18-14-8-9-15(17(14)16)19(3)4/h6-8,10,13H,5,9H2,1-4H3. The van der Waals surface area contributed by atoms with Gasteiger partial charge in [-0.15, -0.1) is 0 Å². The Morgan fingerprint density at radius 2 is 2.16 bits per heavy atom. The lowest BCUT2D eigenvalue weighted by molar-refractivity contribution is 1.03. The highest BCUT2D eigenvalue weighted by molar-refractivity contribution is 6.73. The summed E-state index contributed by atoms with van der Waals surface area (Å²) in [7, 11) is -0.380. The number of aliphatic imine (C=N–C) groups is 1. The highest BCUT2D eigenvalue weighted by atomic mass is 28.2. The Morgan fingerprint density at radius 3 is 2.79 bits per heavy atom. The molecule has 0 amide bonds. The average Bonchev–Trinajstić information content (AvgIpc) is 3.02. The van der Waals surface area contributed by atoms with E-state index in [4.69, 9.17) is 4.99 Å². The molecule has 0 bridgehead atoms. The fourth-order valence-corrected chi connectivity index (χ4v) is 4.50. The highest BCUT2D eigenvalue weighted by Crippen LogP contribution is 2.39. The van der Waals surface area contributed by atoms with Gasteiger partial charge in [0.15, 0.2) is 0 Å². The van der Waals surface area contributed by atoms with Gasteiger partial charge in [0.1, 0.15) is 0 Å². The number of rotatable bonds is 2. The van der Waals surface area contributed by atoms with E-state index >= 15 is 0 Å². The molecule has 0 fully saturated rings. The predicted molar refractivity (Wildman–Crippen MR) is 86.3 cm³/mol. The van der Waals surface area contributed by atoms with E-state index in [1.807, 2.05) is 0 Å². The normalized spacial score (nSPS) is 24.7. The minimum Gasteiger partial charge on any atom is -0.253 e. The average molecular weight is 267 g/mol. The molecule has 0 saturated carbocycles. The Balaban J connectivity index is 2.11. The first-order valence-corrected chi connectivity index (χ1v) is 9.67. The molecule has 0 aromatic carbocycles. The van der Waals surface area contributed by atoms with Crippen LogP contribution in [-0.4, -0.2) is 19.3 Å². The summed E-state index contributed by atoms with van der Waals surface area (Å²) < 4.78 is 0. The van der Waals surface area contributed by atoms with Crippen LogP contribution in [0.3, 0.4) is 0 Å². The van der Waals surface area contributed by atoms with Crippen LogP contribution in [0.5, 0.6) is 0 Å². The third-order valence-electron chi connectivity index (χ3n) is 4.26. The second kappa shape index (κ2) is 4.68. The molecule has 0 aromatic heterocycles. The van der Waals surface area contributed by atoms with Crippen molar-refractivity contribution in [3.8, 4) is 0 Å². The van der Waals surface area contributed by atoms with Crippen LogP contribution in [0.1, 0.15) is 26.7 Å². The summed E-state index contributed by atoms with van der Waals surface area (Å²) in [5.41, 5.74) is 6.91. The molecular weight excluding hydrogens is 246 g/mol. The minimum absolute atomic E-state index is 0.380. The zero-order valence-electron chi connectivity index (χ0n) is 12.2. The van der Waals surface area contributed by atoms with Gasteiger partial charge >= 0.3 is 0 Å². The van der Waals surface area contributed by atoms with Gasteiger partial charge in [-0.1, -0.05) is 55.1 Å². The number of allylic oxidation sites excluding steroid dienone is 7. The Kier molecular flexibility index (Phi) is 3.13. The van der Waals surface area contributed by atoms with E-state index in [9.17, 15) is 0 Å². The van der Waals surface area contributed by atoms with Crippen molar-refractivity contribution in [3.63, 3.8) is 0 Å². The minimum atomic E-state index is -0.380. The highest BCUT2D eigenvalue weighted by Gasteiger charge is 2.31. The Morgan fingerprint density at radius 1 is 1.37 bits per heavy atom. The molecule has 0 saturated heterocycles. The maximum absolute atomic E-state index is 4.80. The van der Waals surface area contributed by atoms with E-state index in [-0.39, 0.29) is 8.41 Å². The van der Waals surface area contributed by atoms with Crippen molar-refractivity contribution in [1.82, 2.24) is 0 Å². The van der Waals surface area contributed by atoms with E-state index in [1.54, 1.807) is 5.17 Å². The first-order chi connectivity index (χ1) is 9.11. The molecule has 0 radical (unpaired) electrons. The van der Waals surface area contributed by atoms with Crippen molar-refractivity contribution in [2.24, 2.45) is 10.9 Å². The molecular formula is C17H21NSi. The Bertz CT molecular complexity index is 620. The van der Waals surface area contributed by atoms with E-state index in [0.717, 1.165) is 12.8 Å². The Hall–Kier alpha value is -1.28. The summed E-state index contributed by atoms with van der Waals surface area (Å²) in [6.45, 7) is 9.19. The van der Waals surface area contributed by atoms with Gasteiger partial charge in [-0.3, -0.25) is 4.99 Å². The van der Waals surface area contributed by atoms with Gasteiger partial charge in [-0.25, -0.2) is 0 Å². The molecule has 1 aliphatic heterocycles. The van der Waals surface area contributed by atoms with E-state index in [2.05, 4.69) is 51.2 Å². The van der Waals surface area contributed by atoms with Crippen LogP contribution < -0.4 is 0 Å². The van der Waals surface area contributed by atoms with Crippen molar-refractivity contribution in [1.29, 1.82) is 0 Å². The lowest BCUT2D eigenvalue weighted by atomic mass is 9.92. The third-order valence-corrected chi connectivity index (χ3v) is 5.92. The van der Waals surface area contributed by atoms with Gasteiger partial charge in [0, 0.05) is 25.6 Å². The van der Waals surface area contributed by atoms with Crippen molar-refractivity contribution in [2.45, 2.75) is 39.8 Å². The summed E-state index contributed by atoms with van der Waals surface area (Å²) in [6, 6.07) is 0. The third kappa shape index (κ3) is 1.98. The summed E-state index contributed by atoms with van der Waals surface area (Å²) in [5.74, 6) is 0.453. The molecule has 19 heavy (non-hydrogen) atoms. The SMILES string of the molecule is CCC1=CC(C2=C3C(=CCC3=[Si](C)C)N=C2C)C=C1. The van der Waals surface area contributed by atoms with Crippen molar-refractivity contribution in [2.75, 3.05) is 0 Å². The van der Waals surface area contributed by atoms with Crippen LogP contribution in [0, 0.1) is 5.92 Å². The molecule has 1 nitrogen and oxygen atoms in total. The molecule has 1 atom stereocenters. The van der Waals surface area contributed by atoms with Crippen LogP contribution >= 0.6 is 0 Å². The van der Waals surface area contributed by atoms with Gasteiger partial charge in [0.25, 0.3) is 0 Å². The van der Waals surface area contributed by atoms with Crippen molar-refractivity contribution < 1.29 is 0 Å². The number of nitrogens with zero attached hydrogens (tertiary/aromatic N) is 1. The topological polar surface area (TPSA) is 12.4 Å². The number of hydrogen-bond donors (Lipinski definition) is 0. The lowest BCUT2D eigenvalue weighted by Gasteiger charge is -2.13. The zero-order chi connectivity index (χ0) is 13.6. The van der Waals surface area contributed by atoms with Gasteiger partial charge in [0.05, 0.1) is 5.70 Å². The molecule has 3 aliphatic rings. The van der Waals surface area contributed by atoms with Crippen LogP contribution in [0.15, 0.2) is 51.7 Å². The maximum atomic E-state index is 4.80. The zero-order valence-corrected chi connectivity index (χ0v) is 13.2. The lowest BCUT2D eigenvalue weighted by Crippen LogP contribution is -2.13.